The molecule has 1 unspecified atom stereocenters. The number of nitrogens with zero attached hydrogens (tertiary/aromatic N) is 1. The van der Waals surface area contributed by atoms with Gasteiger partial charge in [-0.3, -0.25) is 0 Å². The molecule has 41 heavy (non-hydrogen) atoms. The van der Waals surface area contributed by atoms with Gasteiger partial charge in [0.25, 0.3) is 0 Å². The minimum absolute atomic E-state index is 0.0935. The minimum Gasteiger partial charge on any atom is -0.301 e. The molecule has 4 fully saturated rings. The lowest BCUT2D eigenvalue weighted by Crippen LogP contribution is -2.39. The van der Waals surface area contributed by atoms with Crippen LogP contribution >= 0.6 is 15.8 Å². The second-order valence-corrected chi connectivity index (χ2v) is 19.9. The Bertz CT molecular complexity index is 969. The molecule has 6 aliphatic rings. The third-order valence-corrected chi connectivity index (χ3v) is 18.6. The summed E-state index contributed by atoms with van der Waals surface area (Å²) in [6, 6.07) is 0.422. The average molecular weight is 591 g/mol. The Morgan fingerprint density at radius 2 is 1.10 bits per heavy atom. The van der Waals surface area contributed by atoms with Crippen molar-refractivity contribution in [2.75, 3.05) is 14.1 Å². The van der Waals surface area contributed by atoms with Crippen LogP contribution in [-0.2, 0) is 0 Å². The molecule has 4 saturated carbocycles. The Hall–Kier alpha value is -0.440. The molecule has 0 amide bonds. The SMILES string of the molecule is CN(C)[C@@H](C1=C=CC=C1P(C1CCCCC1)C1CCCCC1)C1C=C[CH]C=C1P(C1CCCCC1)C1CCCCC1. The lowest BCUT2D eigenvalue weighted by molar-refractivity contribution is 0.298. The molecular weight excluding hydrogens is 532 g/mol. The zero-order valence-electron chi connectivity index (χ0n) is 26.4. The van der Waals surface area contributed by atoms with E-state index in [0.717, 1.165) is 22.6 Å². The molecule has 225 valence electrons. The van der Waals surface area contributed by atoms with Crippen molar-refractivity contribution in [3.05, 3.63) is 58.7 Å². The first-order chi connectivity index (χ1) is 20.2. The highest BCUT2D eigenvalue weighted by molar-refractivity contribution is 7.64. The highest BCUT2D eigenvalue weighted by Crippen LogP contribution is 2.67. The summed E-state index contributed by atoms with van der Waals surface area (Å²) in [4.78, 5) is 2.61. The fourth-order valence-corrected chi connectivity index (χ4v) is 17.6. The van der Waals surface area contributed by atoms with E-state index in [9.17, 15) is 0 Å². The van der Waals surface area contributed by atoms with Crippen LogP contribution in [0.1, 0.15) is 128 Å². The van der Waals surface area contributed by atoms with Crippen molar-refractivity contribution in [3.8, 4) is 0 Å². The van der Waals surface area contributed by atoms with Crippen molar-refractivity contribution >= 4 is 15.8 Å². The highest BCUT2D eigenvalue weighted by atomic mass is 31.1. The number of allylic oxidation sites excluding steroid dienone is 3. The molecule has 0 spiro atoms. The molecule has 0 aliphatic heterocycles. The maximum atomic E-state index is 3.97. The summed E-state index contributed by atoms with van der Waals surface area (Å²) in [6.45, 7) is 0. The smallest absolute Gasteiger partial charge is 0.0525 e. The molecule has 3 heteroatoms. The van der Waals surface area contributed by atoms with Gasteiger partial charge < -0.3 is 4.90 Å². The van der Waals surface area contributed by atoms with Gasteiger partial charge in [0.05, 0.1) is 6.04 Å². The van der Waals surface area contributed by atoms with Crippen LogP contribution in [0.25, 0.3) is 0 Å². The van der Waals surface area contributed by atoms with Crippen molar-refractivity contribution in [1.29, 1.82) is 0 Å². The molecule has 0 heterocycles. The maximum absolute atomic E-state index is 3.97. The molecule has 1 nitrogen and oxygen atoms in total. The maximum Gasteiger partial charge on any atom is 0.0525 e. The van der Waals surface area contributed by atoms with Gasteiger partial charge in [0.1, 0.15) is 0 Å². The van der Waals surface area contributed by atoms with E-state index < -0.39 is 0 Å². The average Bonchev–Trinajstić information content (AvgIpc) is 3.49. The molecule has 2 atom stereocenters. The van der Waals surface area contributed by atoms with E-state index in [2.05, 4.69) is 61.5 Å². The Morgan fingerprint density at radius 3 is 1.56 bits per heavy atom. The number of rotatable bonds is 9. The molecular formula is C38H58NP2. The molecule has 0 aromatic rings. The van der Waals surface area contributed by atoms with Gasteiger partial charge in [-0.25, -0.2) is 0 Å². The van der Waals surface area contributed by atoms with Crippen LogP contribution in [0.4, 0.5) is 0 Å². The van der Waals surface area contributed by atoms with Gasteiger partial charge >= 0.3 is 0 Å². The molecule has 6 rings (SSSR count). The van der Waals surface area contributed by atoms with Crippen LogP contribution in [-0.4, -0.2) is 47.7 Å². The Morgan fingerprint density at radius 1 is 0.634 bits per heavy atom. The summed E-state index contributed by atoms with van der Waals surface area (Å²) < 4.78 is 0. The summed E-state index contributed by atoms with van der Waals surface area (Å²) in [6.07, 6.45) is 44.5. The first-order valence-corrected chi connectivity index (χ1v) is 20.8. The minimum atomic E-state index is -0.112. The second-order valence-electron chi connectivity index (χ2n) is 14.4. The number of likely N-dealkylation sites (N-methyl/N-ethyl adjacent to an activating group) is 1. The summed E-state index contributed by atoms with van der Waals surface area (Å²) in [5.41, 5.74) is 9.39. The third-order valence-electron chi connectivity index (χ3n) is 11.4. The standard InChI is InChI=1S/C38H58NP2/c1-39(2)38(35-27-17-29-37(35)41(32-22-11-5-12-23-32)33-24-13-6-14-25-33)34-26-15-16-28-36(34)40(30-18-7-3-8-19-30)31-20-9-4-10-21-31/h15-17,26,28-34,38H,3-14,18-25H2,1-2H3/t34?,38-/m1/s1. The van der Waals surface area contributed by atoms with Crippen LogP contribution in [0.5, 0.6) is 0 Å². The van der Waals surface area contributed by atoms with Gasteiger partial charge in [-0.15, -0.1) is 5.73 Å². The predicted molar refractivity (Wildman–Crippen MR) is 183 cm³/mol. The van der Waals surface area contributed by atoms with Gasteiger partial charge in [0.15, 0.2) is 0 Å². The predicted octanol–water partition coefficient (Wildman–Crippen LogP) is 11.5. The van der Waals surface area contributed by atoms with Crippen LogP contribution in [0, 0.1) is 12.3 Å². The molecule has 1 radical (unpaired) electrons. The summed E-state index contributed by atoms with van der Waals surface area (Å²) >= 11 is 0. The van der Waals surface area contributed by atoms with Gasteiger partial charge in [-0.1, -0.05) is 111 Å². The van der Waals surface area contributed by atoms with E-state index in [1.165, 1.54) is 128 Å². The number of hydrogen-bond donors (Lipinski definition) is 0. The van der Waals surface area contributed by atoms with Gasteiger partial charge in [-0.05, 0) is 111 Å². The quantitative estimate of drug-likeness (QED) is 0.191. The monoisotopic (exact) mass is 590 g/mol. The zero-order chi connectivity index (χ0) is 28.0. The summed E-state index contributed by atoms with van der Waals surface area (Å²) in [5.74, 6) is 0.511. The molecule has 0 aromatic carbocycles. The van der Waals surface area contributed by atoms with Crippen molar-refractivity contribution < 1.29 is 0 Å². The summed E-state index contributed by atoms with van der Waals surface area (Å²) in [7, 11) is 4.56. The first kappa shape index (κ1) is 30.6. The van der Waals surface area contributed by atoms with Crippen molar-refractivity contribution in [1.82, 2.24) is 4.90 Å². The van der Waals surface area contributed by atoms with Crippen LogP contribution in [0.15, 0.2) is 52.3 Å². The van der Waals surface area contributed by atoms with E-state index in [0.29, 0.717) is 12.0 Å². The van der Waals surface area contributed by atoms with Crippen LogP contribution < -0.4 is 0 Å². The highest BCUT2D eigenvalue weighted by Gasteiger charge is 2.43. The Balaban J connectivity index is 1.33. The van der Waals surface area contributed by atoms with Crippen molar-refractivity contribution in [2.45, 2.75) is 157 Å². The van der Waals surface area contributed by atoms with E-state index in [-0.39, 0.29) is 15.8 Å². The first-order valence-electron chi connectivity index (χ1n) is 17.8. The van der Waals surface area contributed by atoms with E-state index in [4.69, 9.17) is 0 Å². The summed E-state index contributed by atoms with van der Waals surface area (Å²) in [5, 5.41) is 3.64. The lowest BCUT2D eigenvalue weighted by atomic mass is 9.89. The topological polar surface area (TPSA) is 3.24 Å². The largest absolute Gasteiger partial charge is 0.301 e. The molecule has 6 aliphatic carbocycles. The van der Waals surface area contributed by atoms with Gasteiger partial charge in [0.2, 0.25) is 0 Å². The van der Waals surface area contributed by atoms with Gasteiger partial charge in [0, 0.05) is 17.9 Å². The Kier molecular flexibility index (Phi) is 11.2. The normalized spacial score (nSPS) is 28.4. The molecule has 0 saturated heterocycles. The fraction of sp³-hybridized carbons (Fsp3) is 0.737. The molecule has 0 aromatic heterocycles. The van der Waals surface area contributed by atoms with Crippen LogP contribution in [0.2, 0.25) is 0 Å². The van der Waals surface area contributed by atoms with Crippen LogP contribution in [0.3, 0.4) is 0 Å². The molecule has 0 N–H and O–H groups in total. The number of hydrogen-bond acceptors (Lipinski definition) is 1. The van der Waals surface area contributed by atoms with E-state index in [1.54, 1.807) is 10.9 Å². The van der Waals surface area contributed by atoms with Crippen molar-refractivity contribution in [3.63, 3.8) is 0 Å². The lowest BCUT2D eigenvalue weighted by Gasteiger charge is -2.46. The Labute approximate surface area is 256 Å². The zero-order valence-corrected chi connectivity index (χ0v) is 28.2. The molecule has 0 bridgehead atoms. The van der Waals surface area contributed by atoms with E-state index >= 15 is 0 Å². The van der Waals surface area contributed by atoms with Gasteiger partial charge in [-0.2, -0.15) is 0 Å². The fourth-order valence-electron chi connectivity index (χ4n) is 9.52. The van der Waals surface area contributed by atoms with Crippen molar-refractivity contribution in [2.24, 2.45) is 5.92 Å². The third kappa shape index (κ3) is 7.12. The van der Waals surface area contributed by atoms with E-state index in [1.807, 2.05) is 5.31 Å². The second kappa shape index (κ2) is 15.0.